The smallest absolute Gasteiger partial charge is 0.406 e. The molecule has 1 aliphatic rings. The molecule has 4 nitrogen and oxygen atoms in total. The van der Waals surface area contributed by atoms with E-state index in [1.807, 2.05) is 11.9 Å². The maximum absolute atomic E-state index is 12.4. The van der Waals surface area contributed by atoms with E-state index in [4.69, 9.17) is 0 Å². The summed E-state index contributed by atoms with van der Waals surface area (Å²) < 4.78 is 41.2. The third-order valence-electron chi connectivity index (χ3n) is 3.94. The number of hydrogen-bond acceptors (Lipinski definition) is 3. The average Bonchev–Trinajstić information content (AvgIpc) is 2.93. The molecule has 1 atom stereocenters. The molecule has 1 aliphatic heterocycles. The maximum Gasteiger partial charge on any atom is 0.573 e. The Bertz CT molecular complexity index is 540. The monoisotopic (exact) mass is 366 g/mol. The van der Waals surface area contributed by atoms with E-state index in [1.54, 1.807) is 12.1 Å². The molecule has 2 rings (SSSR count). The lowest BCUT2D eigenvalue weighted by atomic mass is 10.1. The van der Waals surface area contributed by atoms with Gasteiger partial charge in [0.2, 0.25) is 5.91 Å². The highest BCUT2D eigenvalue weighted by molar-refractivity contribution is 5.85. The van der Waals surface area contributed by atoms with E-state index >= 15 is 0 Å². The van der Waals surface area contributed by atoms with Crippen molar-refractivity contribution >= 4 is 18.3 Å². The molecule has 1 N–H and O–H groups in total. The third kappa shape index (κ3) is 5.87. The van der Waals surface area contributed by atoms with Gasteiger partial charge in [0.1, 0.15) is 5.75 Å². The van der Waals surface area contributed by atoms with Crippen LogP contribution in [0.2, 0.25) is 0 Å². The zero-order valence-electron chi connectivity index (χ0n) is 13.4. The van der Waals surface area contributed by atoms with E-state index in [2.05, 4.69) is 10.1 Å². The third-order valence-corrected chi connectivity index (χ3v) is 3.94. The second-order valence-corrected chi connectivity index (χ2v) is 5.60. The number of aryl methyl sites for hydroxylation is 1. The van der Waals surface area contributed by atoms with E-state index in [-0.39, 0.29) is 42.9 Å². The second-order valence-electron chi connectivity index (χ2n) is 5.60. The van der Waals surface area contributed by atoms with Gasteiger partial charge in [-0.2, -0.15) is 0 Å². The first-order valence-corrected chi connectivity index (χ1v) is 7.68. The van der Waals surface area contributed by atoms with Crippen molar-refractivity contribution in [1.29, 1.82) is 0 Å². The number of rotatable bonds is 6. The molecular weight excluding hydrogens is 345 g/mol. The average molecular weight is 367 g/mol. The van der Waals surface area contributed by atoms with Gasteiger partial charge in [-0.05, 0) is 37.9 Å². The number of ether oxygens (including phenoxy) is 1. The molecule has 0 bridgehead atoms. The normalized spacial score (nSPS) is 17.5. The first-order valence-electron chi connectivity index (χ1n) is 7.68. The largest absolute Gasteiger partial charge is 0.573 e. The fourth-order valence-electron chi connectivity index (χ4n) is 2.93. The molecule has 0 saturated carbocycles. The molecule has 1 aromatic carbocycles. The molecule has 136 valence electrons. The summed E-state index contributed by atoms with van der Waals surface area (Å²) in [5.41, 5.74) is 0.391. The van der Waals surface area contributed by atoms with E-state index in [0.29, 0.717) is 12.1 Å². The van der Waals surface area contributed by atoms with E-state index < -0.39 is 6.36 Å². The minimum Gasteiger partial charge on any atom is -0.406 e. The van der Waals surface area contributed by atoms with Crippen molar-refractivity contribution in [3.05, 3.63) is 29.8 Å². The summed E-state index contributed by atoms with van der Waals surface area (Å²) in [4.78, 5) is 14.2. The van der Waals surface area contributed by atoms with Crippen LogP contribution < -0.4 is 10.1 Å². The zero-order chi connectivity index (χ0) is 16.9. The van der Waals surface area contributed by atoms with Gasteiger partial charge >= 0.3 is 6.36 Å². The number of hydrogen-bond donors (Lipinski definition) is 1. The van der Waals surface area contributed by atoms with Gasteiger partial charge < -0.3 is 15.0 Å². The van der Waals surface area contributed by atoms with Crippen molar-refractivity contribution in [2.24, 2.45) is 0 Å². The lowest BCUT2D eigenvalue weighted by Gasteiger charge is -2.24. The summed E-state index contributed by atoms with van der Waals surface area (Å²) in [6.45, 7) is 1.45. The van der Waals surface area contributed by atoms with Gasteiger partial charge in [-0.15, -0.1) is 25.6 Å². The van der Waals surface area contributed by atoms with E-state index in [1.165, 1.54) is 12.1 Å². The molecule has 8 heteroatoms. The standard InChI is InChI=1S/C16H21F3N2O2.ClH/c1-20-11-13-6-4-10-21(13)15(22)9-8-12-5-2-3-7-14(12)23-16(17,18)19;/h2-3,5,7,13,20H,4,6,8-11H2,1H3;1H. The quantitative estimate of drug-likeness (QED) is 0.841. The van der Waals surface area contributed by atoms with Gasteiger partial charge in [0.05, 0.1) is 0 Å². The number of carbonyl (C=O) groups is 1. The van der Waals surface area contributed by atoms with Crippen molar-refractivity contribution in [1.82, 2.24) is 10.2 Å². The number of alkyl halides is 3. The SMILES string of the molecule is CNCC1CCCN1C(=O)CCc1ccccc1OC(F)(F)F.Cl. The predicted octanol–water partition coefficient (Wildman–Crippen LogP) is 3.15. The Morgan fingerprint density at radius 2 is 2.08 bits per heavy atom. The van der Waals surface area contributed by atoms with Crippen molar-refractivity contribution in [3.8, 4) is 5.75 Å². The molecule has 0 spiro atoms. The molecule has 1 fully saturated rings. The molecule has 1 saturated heterocycles. The van der Waals surface area contributed by atoms with Crippen LogP contribution in [0.4, 0.5) is 13.2 Å². The Morgan fingerprint density at radius 3 is 2.75 bits per heavy atom. The Hall–Kier alpha value is -1.47. The van der Waals surface area contributed by atoms with Gasteiger partial charge in [-0.25, -0.2) is 0 Å². The highest BCUT2D eigenvalue weighted by Crippen LogP contribution is 2.27. The van der Waals surface area contributed by atoms with Crippen molar-refractivity contribution in [2.45, 2.75) is 38.1 Å². The maximum atomic E-state index is 12.4. The predicted molar refractivity (Wildman–Crippen MR) is 87.4 cm³/mol. The first kappa shape index (κ1) is 20.6. The van der Waals surface area contributed by atoms with Crippen LogP contribution in [0, 0.1) is 0 Å². The van der Waals surface area contributed by atoms with Crippen LogP contribution in [-0.4, -0.2) is 43.3 Å². The minimum absolute atomic E-state index is 0. The summed E-state index contributed by atoms with van der Waals surface area (Å²) in [5, 5.41) is 3.06. The number of halogens is 4. The summed E-state index contributed by atoms with van der Waals surface area (Å²) in [6.07, 6.45) is -2.40. The number of likely N-dealkylation sites (N-methyl/N-ethyl adjacent to an activating group) is 1. The Labute approximate surface area is 145 Å². The molecule has 0 radical (unpaired) electrons. The molecule has 0 aliphatic carbocycles. The lowest BCUT2D eigenvalue weighted by Crippen LogP contribution is -2.40. The first-order chi connectivity index (χ1) is 10.9. The summed E-state index contributed by atoms with van der Waals surface area (Å²) in [5.74, 6) is -0.259. The van der Waals surface area contributed by atoms with Gasteiger partial charge in [-0.3, -0.25) is 4.79 Å². The van der Waals surface area contributed by atoms with Crippen LogP contribution in [0.5, 0.6) is 5.75 Å². The van der Waals surface area contributed by atoms with Crippen LogP contribution in [0.3, 0.4) is 0 Å². The fraction of sp³-hybridized carbons (Fsp3) is 0.562. The number of benzene rings is 1. The van der Waals surface area contributed by atoms with Crippen molar-refractivity contribution in [2.75, 3.05) is 20.1 Å². The highest BCUT2D eigenvalue weighted by atomic mass is 35.5. The summed E-state index contributed by atoms with van der Waals surface area (Å²) in [6, 6.07) is 6.13. The number of nitrogens with zero attached hydrogens (tertiary/aromatic N) is 1. The number of nitrogens with one attached hydrogen (secondary N) is 1. The Morgan fingerprint density at radius 1 is 1.38 bits per heavy atom. The van der Waals surface area contributed by atoms with Gasteiger partial charge in [0.25, 0.3) is 0 Å². The van der Waals surface area contributed by atoms with Crippen LogP contribution >= 0.6 is 12.4 Å². The van der Waals surface area contributed by atoms with Crippen LogP contribution in [0.1, 0.15) is 24.8 Å². The number of para-hydroxylation sites is 1. The second kappa shape index (κ2) is 9.13. The van der Waals surface area contributed by atoms with Gasteiger partial charge in [-0.1, -0.05) is 18.2 Å². The molecule has 0 aromatic heterocycles. The molecular formula is C16H22ClF3N2O2. The number of likely N-dealkylation sites (tertiary alicyclic amines) is 1. The zero-order valence-corrected chi connectivity index (χ0v) is 14.3. The molecule has 1 aromatic rings. The number of amides is 1. The van der Waals surface area contributed by atoms with Crippen molar-refractivity contribution < 1.29 is 22.7 Å². The molecule has 24 heavy (non-hydrogen) atoms. The Balaban J connectivity index is 0.00000288. The topological polar surface area (TPSA) is 41.6 Å². The van der Waals surface area contributed by atoms with Crippen molar-refractivity contribution in [3.63, 3.8) is 0 Å². The summed E-state index contributed by atoms with van der Waals surface area (Å²) >= 11 is 0. The lowest BCUT2D eigenvalue weighted by molar-refractivity contribution is -0.274. The number of carbonyl (C=O) groups excluding carboxylic acids is 1. The summed E-state index contributed by atoms with van der Waals surface area (Å²) in [7, 11) is 1.84. The molecule has 1 heterocycles. The Kier molecular flexibility index (Phi) is 7.83. The van der Waals surface area contributed by atoms with Crippen LogP contribution in [0.15, 0.2) is 24.3 Å². The van der Waals surface area contributed by atoms with Crippen LogP contribution in [-0.2, 0) is 11.2 Å². The van der Waals surface area contributed by atoms with E-state index in [0.717, 1.165) is 19.4 Å². The molecule has 1 unspecified atom stereocenters. The van der Waals surface area contributed by atoms with Crippen LogP contribution in [0.25, 0.3) is 0 Å². The van der Waals surface area contributed by atoms with Gasteiger partial charge in [0.15, 0.2) is 0 Å². The highest BCUT2D eigenvalue weighted by Gasteiger charge is 2.32. The van der Waals surface area contributed by atoms with E-state index in [9.17, 15) is 18.0 Å². The fourth-order valence-corrected chi connectivity index (χ4v) is 2.93. The molecule has 1 amide bonds. The van der Waals surface area contributed by atoms with Gasteiger partial charge in [0, 0.05) is 25.6 Å². The minimum atomic E-state index is -4.73.